The first-order chi connectivity index (χ1) is 13.2. The zero-order chi connectivity index (χ0) is 20.5. The van der Waals surface area contributed by atoms with Crippen LogP contribution >= 0.6 is 0 Å². The summed E-state index contributed by atoms with van der Waals surface area (Å²) in [5, 5.41) is 0. The first-order valence-electron chi connectivity index (χ1n) is 8.75. The van der Waals surface area contributed by atoms with E-state index in [0.29, 0.717) is 29.2 Å². The van der Waals surface area contributed by atoms with Gasteiger partial charge in [-0.25, -0.2) is 4.98 Å². The van der Waals surface area contributed by atoms with E-state index in [1.165, 1.54) is 24.0 Å². The van der Waals surface area contributed by atoms with E-state index in [-0.39, 0.29) is 12.5 Å². The van der Waals surface area contributed by atoms with Crippen LogP contribution in [0.2, 0.25) is 0 Å². The summed E-state index contributed by atoms with van der Waals surface area (Å²) >= 11 is 0. The van der Waals surface area contributed by atoms with Gasteiger partial charge in [-0.05, 0) is 36.2 Å². The van der Waals surface area contributed by atoms with E-state index in [1.54, 1.807) is 29.8 Å². The van der Waals surface area contributed by atoms with Crippen molar-refractivity contribution in [3.63, 3.8) is 0 Å². The number of hydrogen-bond acceptors (Lipinski definition) is 3. The number of fused-ring (bicyclic) bond motifs is 1. The summed E-state index contributed by atoms with van der Waals surface area (Å²) < 4.78 is 45.6. The number of benzene rings is 1. The number of ether oxygens (including phenoxy) is 1. The average Bonchev–Trinajstić information content (AvgIpc) is 3.04. The van der Waals surface area contributed by atoms with Crippen LogP contribution in [-0.2, 0) is 24.0 Å². The smallest absolute Gasteiger partial charge is 0.416 e. The SMILES string of the molecule is CCc1nc2c(OCc3ccc(C(F)(F)F)cc3)cccn2c1N(C)C(C)=O. The third-order valence-corrected chi connectivity index (χ3v) is 4.46. The van der Waals surface area contributed by atoms with Crippen molar-refractivity contribution < 1.29 is 22.7 Å². The molecule has 0 bridgehead atoms. The van der Waals surface area contributed by atoms with Crippen LogP contribution in [0.3, 0.4) is 0 Å². The van der Waals surface area contributed by atoms with Gasteiger partial charge in [0.15, 0.2) is 11.4 Å². The molecule has 8 heteroatoms. The highest BCUT2D eigenvalue weighted by Gasteiger charge is 2.30. The van der Waals surface area contributed by atoms with Gasteiger partial charge in [0, 0.05) is 20.2 Å². The zero-order valence-electron chi connectivity index (χ0n) is 15.7. The molecule has 3 aromatic rings. The zero-order valence-corrected chi connectivity index (χ0v) is 15.7. The fourth-order valence-corrected chi connectivity index (χ4v) is 2.88. The molecule has 3 rings (SSSR count). The lowest BCUT2D eigenvalue weighted by molar-refractivity contribution is -0.137. The Hall–Kier alpha value is -3.03. The Morgan fingerprint density at radius 3 is 2.46 bits per heavy atom. The summed E-state index contributed by atoms with van der Waals surface area (Å²) in [5.41, 5.74) is 1.21. The van der Waals surface area contributed by atoms with E-state index in [9.17, 15) is 18.0 Å². The van der Waals surface area contributed by atoms with Gasteiger partial charge in [0.05, 0.1) is 11.3 Å². The Morgan fingerprint density at radius 2 is 1.89 bits per heavy atom. The first kappa shape index (κ1) is 19.7. The normalized spacial score (nSPS) is 11.6. The third kappa shape index (κ3) is 3.81. The molecular weight excluding hydrogens is 371 g/mol. The highest BCUT2D eigenvalue weighted by molar-refractivity contribution is 5.91. The van der Waals surface area contributed by atoms with E-state index in [2.05, 4.69) is 4.98 Å². The molecule has 28 heavy (non-hydrogen) atoms. The topological polar surface area (TPSA) is 46.8 Å². The van der Waals surface area contributed by atoms with Crippen LogP contribution in [0, 0.1) is 0 Å². The van der Waals surface area contributed by atoms with E-state index >= 15 is 0 Å². The maximum absolute atomic E-state index is 12.7. The Balaban J connectivity index is 1.89. The van der Waals surface area contributed by atoms with Gasteiger partial charge in [-0.1, -0.05) is 19.1 Å². The van der Waals surface area contributed by atoms with Gasteiger partial charge >= 0.3 is 6.18 Å². The molecule has 0 spiro atoms. The molecule has 0 radical (unpaired) electrons. The number of halogens is 3. The van der Waals surface area contributed by atoms with Gasteiger partial charge in [-0.15, -0.1) is 0 Å². The van der Waals surface area contributed by atoms with Gasteiger partial charge < -0.3 is 4.74 Å². The number of rotatable bonds is 5. The minimum atomic E-state index is -4.36. The predicted octanol–water partition coefficient (Wildman–Crippen LogP) is 4.48. The largest absolute Gasteiger partial charge is 0.485 e. The second-order valence-electron chi connectivity index (χ2n) is 6.36. The molecule has 0 saturated heterocycles. The Labute approximate surface area is 160 Å². The molecule has 1 amide bonds. The summed E-state index contributed by atoms with van der Waals surface area (Å²) in [4.78, 5) is 17.9. The molecule has 0 unspecified atom stereocenters. The lowest BCUT2D eigenvalue weighted by Crippen LogP contribution is -2.25. The van der Waals surface area contributed by atoms with E-state index in [1.807, 2.05) is 6.92 Å². The van der Waals surface area contributed by atoms with Crippen molar-refractivity contribution in [3.05, 3.63) is 59.4 Å². The lowest BCUT2D eigenvalue weighted by atomic mass is 10.1. The number of alkyl halides is 3. The van der Waals surface area contributed by atoms with Crippen molar-refractivity contribution in [3.8, 4) is 5.75 Å². The van der Waals surface area contributed by atoms with E-state index < -0.39 is 11.7 Å². The van der Waals surface area contributed by atoms with Crippen molar-refractivity contribution in [2.45, 2.75) is 33.1 Å². The van der Waals surface area contributed by atoms with Crippen molar-refractivity contribution in [2.75, 3.05) is 11.9 Å². The number of aryl methyl sites for hydroxylation is 1. The van der Waals surface area contributed by atoms with Gasteiger partial charge in [0.2, 0.25) is 5.91 Å². The highest BCUT2D eigenvalue weighted by Crippen LogP contribution is 2.30. The Kier molecular flexibility index (Phi) is 5.31. The van der Waals surface area contributed by atoms with Crippen molar-refractivity contribution >= 4 is 17.4 Å². The summed E-state index contributed by atoms with van der Waals surface area (Å²) in [6.07, 6.45) is -1.94. The quantitative estimate of drug-likeness (QED) is 0.644. The first-order valence-corrected chi connectivity index (χ1v) is 8.75. The molecule has 5 nitrogen and oxygen atoms in total. The maximum Gasteiger partial charge on any atom is 0.416 e. The van der Waals surface area contributed by atoms with E-state index in [0.717, 1.165) is 17.8 Å². The van der Waals surface area contributed by atoms with Crippen LogP contribution in [0.5, 0.6) is 5.75 Å². The minimum absolute atomic E-state index is 0.101. The number of nitrogens with zero attached hydrogens (tertiary/aromatic N) is 3. The summed E-state index contributed by atoms with van der Waals surface area (Å²) in [7, 11) is 1.68. The fourth-order valence-electron chi connectivity index (χ4n) is 2.88. The van der Waals surface area contributed by atoms with Gasteiger partial charge in [-0.2, -0.15) is 13.2 Å². The van der Waals surface area contributed by atoms with Crippen LogP contribution in [0.25, 0.3) is 5.65 Å². The van der Waals surface area contributed by atoms with Crippen LogP contribution in [0.15, 0.2) is 42.6 Å². The molecule has 0 aliphatic carbocycles. The van der Waals surface area contributed by atoms with Crippen molar-refractivity contribution in [2.24, 2.45) is 0 Å². The molecule has 0 aliphatic rings. The number of hydrogen-bond donors (Lipinski definition) is 0. The second-order valence-corrected chi connectivity index (χ2v) is 6.36. The molecule has 2 heterocycles. The number of imidazole rings is 1. The molecule has 148 valence electrons. The highest BCUT2D eigenvalue weighted by atomic mass is 19.4. The minimum Gasteiger partial charge on any atom is -0.485 e. The number of aromatic nitrogens is 2. The number of amides is 1. The van der Waals surface area contributed by atoms with E-state index in [4.69, 9.17) is 4.74 Å². The van der Waals surface area contributed by atoms with Crippen LogP contribution in [0.4, 0.5) is 19.0 Å². The molecule has 0 atom stereocenters. The molecule has 2 aromatic heterocycles. The van der Waals surface area contributed by atoms with Crippen LogP contribution in [-0.4, -0.2) is 22.3 Å². The number of pyridine rings is 1. The van der Waals surface area contributed by atoms with Crippen LogP contribution < -0.4 is 9.64 Å². The second kappa shape index (κ2) is 7.53. The van der Waals surface area contributed by atoms with Gasteiger partial charge in [-0.3, -0.25) is 14.1 Å². The molecule has 0 fully saturated rings. The number of anilines is 1. The lowest BCUT2D eigenvalue weighted by Gasteiger charge is -2.16. The molecule has 0 aliphatic heterocycles. The molecular formula is C20H20F3N3O2. The number of carbonyl (C=O) groups is 1. The summed E-state index contributed by atoms with van der Waals surface area (Å²) in [6.45, 7) is 3.52. The van der Waals surface area contributed by atoms with Gasteiger partial charge in [0.25, 0.3) is 0 Å². The molecule has 0 saturated carbocycles. The monoisotopic (exact) mass is 391 g/mol. The van der Waals surface area contributed by atoms with Crippen molar-refractivity contribution in [1.82, 2.24) is 9.38 Å². The standard InChI is InChI=1S/C20H20F3N3O2/c1-4-16-19(25(3)13(2)27)26-11-5-6-17(18(26)24-16)28-12-14-7-9-15(10-8-14)20(21,22)23/h5-11H,4,12H2,1-3H3. The molecule has 0 N–H and O–H groups in total. The van der Waals surface area contributed by atoms with Gasteiger partial charge in [0.1, 0.15) is 12.4 Å². The van der Waals surface area contributed by atoms with Crippen LogP contribution in [0.1, 0.15) is 30.7 Å². The summed E-state index contributed by atoms with van der Waals surface area (Å²) in [5.74, 6) is 1.04. The third-order valence-electron chi connectivity index (χ3n) is 4.46. The maximum atomic E-state index is 12.7. The predicted molar refractivity (Wildman–Crippen MR) is 99.4 cm³/mol. The van der Waals surface area contributed by atoms with Crippen molar-refractivity contribution in [1.29, 1.82) is 0 Å². The number of carbonyl (C=O) groups excluding carboxylic acids is 1. The fraction of sp³-hybridized carbons (Fsp3) is 0.300. The average molecular weight is 391 g/mol. The summed E-state index contributed by atoms with van der Waals surface area (Å²) in [6, 6.07) is 8.35. The molecule has 1 aromatic carbocycles. The Morgan fingerprint density at radius 1 is 1.21 bits per heavy atom. The Bertz CT molecular complexity index is 994.